The van der Waals surface area contributed by atoms with Gasteiger partial charge in [-0.3, -0.25) is 0 Å². The number of hydrogen-bond donors (Lipinski definition) is 2. The van der Waals surface area contributed by atoms with Gasteiger partial charge < -0.3 is 15.4 Å². The maximum absolute atomic E-state index is 12.0. The first kappa shape index (κ1) is 18.3. The number of hydrogen-bond acceptors (Lipinski definition) is 3. The largest absolute Gasteiger partial charge is 0.462 e. The highest BCUT2D eigenvalue weighted by Gasteiger charge is 2.08. The van der Waals surface area contributed by atoms with Gasteiger partial charge in [0.1, 0.15) is 0 Å². The zero-order valence-electron chi connectivity index (χ0n) is 14.6. The van der Waals surface area contributed by atoms with Crippen LogP contribution in [0.1, 0.15) is 62.2 Å². The van der Waals surface area contributed by atoms with Gasteiger partial charge in [0, 0.05) is 13.1 Å². The number of esters is 1. The molecule has 0 atom stereocenters. The van der Waals surface area contributed by atoms with Crippen LogP contribution in [0.25, 0.3) is 0 Å². The fourth-order valence-electron chi connectivity index (χ4n) is 2.58. The molecule has 0 aliphatic carbocycles. The topological polar surface area (TPSA) is 62.7 Å². The molecule has 0 spiro atoms. The molecule has 1 aromatic rings. The maximum atomic E-state index is 12.0. The van der Waals surface area contributed by atoms with E-state index in [4.69, 9.17) is 4.74 Å². The molecule has 0 saturated carbocycles. The Balaban J connectivity index is 1.71. The van der Waals surface area contributed by atoms with Crippen LogP contribution in [0.5, 0.6) is 0 Å². The summed E-state index contributed by atoms with van der Waals surface area (Å²) in [5.74, 6) is 0.538. The maximum Gasteiger partial charge on any atom is 0.338 e. The molecule has 1 heterocycles. The van der Waals surface area contributed by atoms with Crippen molar-refractivity contribution < 1.29 is 9.53 Å². The van der Waals surface area contributed by atoms with Gasteiger partial charge in [0.15, 0.2) is 5.96 Å². The molecule has 5 nitrogen and oxygen atoms in total. The summed E-state index contributed by atoms with van der Waals surface area (Å²) in [4.78, 5) is 16.5. The normalized spacial score (nSPS) is 13.8. The van der Waals surface area contributed by atoms with E-state index < -0.39 is 0 Å². The average Bonchev–Trinajstić information content (AvgIpc) is 2.62. The molecule has 2 rings (SSSR count). The van der Waals surface area contributed by atoms with E-state index in [0.29, 0.717) is 12.2 Å². The highest BCUT2D eigenvalue weighted by atomic mass is 16.5. The van der Waals surface area contributed by atoms with Crippen LogP contribution in [0.2, 0.25) is 0 Å². The van der Waals surface area contributed by atoms with Crippen LogP contribution in [0.3, 0.4) is 0 Å². The van der Waals surface area contributed by atoms with Crippen molar-refractivity contribution in [2.24, 2.45) is 4.99 Å². The molecule has 1 saturated heterocycles. The molecule has 1 aliphatic rings. The fourth-order valence-corrected chi connectivity index (χ4v) is 2.58. The van der Waals surface area contributed by atoms with Crippen molar-refractivity contribution in [3.63, 3.8) is 0 Å². The number of nitrogens with one attached hydrogen (secondary N) is 2. The first-order valence-corrected chi connectivity index (χ1v) is 9.13. The van der Waals surface area contributed by atoms with Crippen molar-refractivity contribution in [1.82, 2.24) is 10.6 Å². The van der Waals surface area contributed by atoms with Gasteiger partial charge in [-0.25, -0.2) is 9.79 Å². The molecule has 1 aromatic carbocycles. The second kappa shape index (κ2) is 10.7. The number of ether oxygens (including phenoxy) is 1. The Morgan fingerprint density at radius 2 is 1.71 bits per heavy atom. The number of benzene rings is 1. The van der Waals surface area contributed by atoms with Crippen molar-refractivity contribution in [3.05, 3.63) is 29.8 Å². The summed E-state index contributed by atoms with van der Waals surface area (Å²) in [6.45, 7) is 4.59. The van der Waals surface area contributed by atoms with Crippen molar-refractivity contribution in [2.75, 3.05) is 19.7 Å². The lowest BCUT2D eigenvalue weighted by Gasteiger charge is -2.17. The Labute approximate surface area is 144 Å². The quantitative estimate of drug-likeness (QED) is 0.534. The van der Waals surface area contributed by atoms with Crippen molar-refractivity contribution in [1.29, 1.82) is 0 Å². The number of rotatable bonds is 9. The van der Waals surface area contributed by atoms with Crippen LogP contribution >= 0.6 is 0 Å². The SMILES string of the molecule is CCCCCCCCOC(=O)c1ccc(N=C2NCCCN2)cc1. The van der Waals surface area contributed by atoms with Crippen LogP contribution in [0.15, 0.2) is 29.3 Å². The summed E-state index contributed by atoms with van der Waals surface area (Å²) in [5.41, 5.74) is 1.40. The van der Waals surface area contributed by atoms with E-state index in [1.54, 1.807) is 12.1 Å². The van der Waals surface area contributed by atoms with E-state index in [1.807, 2.05) is 12.1 Å². The third-order valence-electron chi connectivity index (χ3n) is 4.01. The number of guanidine groups is 1. The molecule has 24 heavy (non-hydrogen) atoms. The van der Waals surface area contributed by atoms with Gasteiger partial charge in [0.05, 0.1) is 17.9 Å². The predicted octanol–water partition coefficient (Wildman–Crippen LogP) is 3.77. The van der Waals surface area contributed by atoms with Gasteiger partial charge in [-0.2, -0.15) is 0 Å². The Bertz CT molecular complexity index is 518. The minimum atomic E-state index is -0.253. The molecular formula is C19H29N3O2. The van der Waals surface area contributed by atoms with E-state index in [-0.39, 0.29) is 5.97 Å². The van der Waals surface area contributed by atoms with Crippen LogP contribution < -0.4 is 10.6 Å². The summed E-state index contributed by atoms with van der Waals surface area (Å²) in [5, 5.41) is 6.41. The minimum absolute atomic E-state index is 0.253. The van der Waals surface area contributed by atoms with Gasteiger partial charge in [0.2, 0.25) is 0 Å². The minimum Gasteiger partial charge on any atom is -0.462 e. The van der Waals surface area contributed by atoms with E-state index in [1.165, 1.54) is 25.7 Å². The summed E-state index contributed by atoms with van der Waals surface area (Å²) < 4.78 is 5.33. The van der Waals surface area contributed by atoms with E-state index in [2.05, 4.69) is 22.5 Å². The van der Waals surface area contributed by atoms with Crippen LogP contribution in [0.4, 0.5) is 5.69 Å². The third-order valence-corrected chi connectivity index (χ3v) is 4.01. The lowest BCUT2D eigenvalue weighted by molar-refractivity contribution is 0.0497. The Hall–Kier alpha value is -2.04. The molecule has 1 aliphatic heterocycles. The number of unbranched alkanes of at least 4 members (excludes halogenated alkanes) is 5. The van der Waals surface area contributed by atoms with Crippen LogP contribution in [-0.4, -0.2) is 31.6 Å². The van der Waals surface area contributed by atoms with Gasteiger partial charge in [0.25, 0.3) is 0 Å². The average molecular weight is 331 g/mol. The van der Waals surface area contributed by atoms with Crippen LogP contribution in [-0.2, 0) is 4.74 Å². The molecule has 132 valence electrons. The van der Waals surface area contributed by atoms with Crippen molar-refractivity contribution in [3.8, 4) is 0 Å². The van der Waals surface area contributed by atoms with Crippen LogP contribution in [0, 0.1) is 0 Å². The molecule has 0 radical (unpaired) electrons. The molecule has 5 heteroatoms. The first-order valence-electron chi connectivity index (χ1n) is 9.13. The number of aliphatic imine (C=N–C) groups is 1. The second-order valence-corrected chi connectivity index (χ2v) is 6.12. The van der Waals surface area contributed by atoms with Gasteiger partial charge >= 0.3 is 5.97 Å². The smallest absolute Gasteiger partial charge is 0.338 e. The second-order valence-electron chi connectivity index (χ2n) is 6.12. The summed E-state index contributed by atoms with van der Waals surface area (Å²) in [7, 11) is 0. The van der Waals surface area contributed by atoms with Crippen molar-refractivity contribution >= 4 is 17.6 Å². The zero-order chi connectivity index (χ0) is 17.0. The fraction of sp³-hybridized carbons (Fsp3) is 0.579. The standard InChI is InChI=1S/C19H29N3O2/c1-2-3-4-5-6-7-15-24-18(23)16-9-11-17(12-10-16)22-19-20-13-8-14-21-19/h9-12H,2-8,13-15H2,1H3,(H2,20,21,22). The summed E-state index contributed by atoms with van der Waals surface area (Å²) in [6.07, 6.45) is 8.22. The Kier molecular flexibility index (Phi) is 8.15. The van der Waals surface area contributed by atoms with Crippen molar-refractivity contribution in [2.45, 2.75) is 51.9 Å². The molecule has 0 unspecified atom stereocenters. The molecular weight excluding hydrogens is 302 g/mol. The number of carbonyl (C=O) groups is 1. The molecule has 0 amide bonds. The Morgan fingerprint density at radius 3 is 2.42 bits per heavy atom. The van der Waals surface area contributed by atoms with E-state index in [9.17, 15) is 4.79 Å². The summed E-state index contributed by atoms with van der Waals surface area (Å²) >= 11 is 0. The lowest BCUT2D eigenvalue weighted by Crippen LogP contribution is -2.43. The van der Waals surface area contributed by atoms with Gasteiger partial charge in [-0.1, -0.05) is 39.0 Å². The molecule has 0 aromatic heterocycles. The number of nitrogens with zero attached hydrogens (tertiary/aromatic N) is 1. The predicted molar refractivity (Wildman–Crippen MR) is 97.8 cm³/mol. The first-order chi connectivity index (χ1) is 11.8. The third kappa shape index (κ3) is 6.60. The molecule has 1 fully saturated rings. The number of carbonyl (C=O) groups excluding carboxylic acids is 1. The van der Waals surface area contributed by atoms with Gasteiger partial charge in [-0.05, 0) is 37.1 Å². The monoisotopic (exact) mass is 331 g/mol. The van der Waals surface area contributed by atoms with Gasteiger partial charge in [-0.15, -0.1) is 0 Å². The molecule has 2 N–H and O–H groups in total. The zero-order valence-corrected chi connectivity index (χ0v) is 14.6. The highest BCUT2D eigenvalue weighted by Crippen LogP contribution is 2.14. The van der Waals surface area contributed by atoms with E-state index >= 15 is 0 Å². The van der Waals surface area contributed by atoms with E-state index in [0.717, 1.165) is 44.0 Å². The highest BCUT2D eigenvalue weighted by molar-refractivity contribution is 5.90. The summed E-state index contributed by atoms with van der Waals surface area (Å²) in [6, 6.07) is 7.22. The lowest BCUT2D eigenvalue weighted by atomic mass is 10.1. The molecule has 0 bridgehead atoms. The Morgan fingerprint density at radius 1 is 1.04 bits per heavy atom.